The molecule has 0 aromatic heterocycles. The summed E-state index contributed by atoms with van der Waals surface area (Å²) in [6.07, 6.45) is 5.48. The molecule has 5 nitrogen and oxygen atoms in total. The minimum Gasteiger partial charge on any atom is -0.292 e. The van der Waals surface area contributed by atoms with Crippen LogP contribution in [0.3, 0.4) is 0 Å². The summed E-state index contributed by atoms with van der Waals surface area (Å²) in [4.78, 5) is 32.0. The fourth-order valence-electron chi connectivity index (χ4n) is 0.997. The first-order valence-electron chi connectivity index (χ1n) is 3.71. The van der Waals surface area contributed by atoms with Crippen LogP contribution in [0.2, 0.25) is 0 Å². The van der Waals surface area contributed by atoms with E-state index in [1.54, 1.807) is 0 Å². The van der Waals surface area contributed by atoms with Gasteiger partial charge in [-0.05, 0) is 6.08 Å². The second-order valence-electron chi connectivity index (χ2n) is 2.71. The minimum absolute atomic E-state index is 0.494. The summed E-state index contributed by atoms with van der Waals surface area (Å²) in [6, 6.07) is 0. The number of hydrogen-bond acceptors (Lipinski definition) is 4. The van der Waals surface area contributed by atoms with Gasteiger partial charge >= 0.3 is 0 Å². The maximum Gasteiger partial charge on any atom is 0.263 e. The van der Waals surface area contributed by atoms with E-state index in [2.05, 4.69) is 15.9 Å². The topological polar surface area (TPSA) is 77.3 Å². The first kappa shape index (κ1) is 10.8. The van der Waals surface area contributed by atoms with Crippen molar-refractivity contribution in [1.82, 2.24) is 0 Å². The van der Waals surface area contributed by atoms with E-state index in [0.717, 1.165) is 0 Å². The van der Waals surface area contributed by atoms with Gasteiger partial charge in [-0.1, -0.05) is 34.2 Å². The van der Waals surface area contributed by atoms with Gasteiger partial charge in [0.2, 0.25) is 5.78 Å². The van der Waals surface area contributed by atoms with Crippen molar-refractivity contribution in [2.75, 3.05) is 6.54 Å². The van der Waals surface area contributed by atoms with Crippen LogP contribution >= 0.6 is 15.9 Å². The third-order valence-corrected chi connectivity index (χ3v) is 2.82. The molecule has 0 aromatic rings. The van der Waals surface area contributed by atoms with Gasteiger partial charge in [0.1, 0.15) is 0 Å². The molecule has 1 aliphatic carbocycles. The van der Waals surface area contributed by atoms with Gasteiger partial charge < -0.3 is 0 Å². The Labute approximate surface area is 87.8 Å². The molecule has 0 bridgehead atoms. The summed E-state index contributed by atoms with van der Waals surface area (Å²) >= 11 is 2.91. The highest BCUT2D eigenvalue weighted by molar-refractivity contribution is 9.10. The van der Waals surface area contributed by atoms with Crippen LogP contribution in [0.1, 0.15) is 0 Å². The predicted molar refractivity (Wildman–Crippen MR) is 51.8 cm³/mol. The molecule has 1 atom stereocenters. The van der Waals surface area contributed by atoms with E-state index in [0.29, 0.717) is 0 Å². The van der Waals surface area contributed by atoms with Crippen molar-refractivity contribution in [1.29, 1.82) is 0 Å². The lowest BCUT2D eigenvalue weighted by Crippen LogP contribution is -2.42. The number of halogens is 1. The van der Waals surface area contributed by atoms with E-state index in [1.165, 1.54) is 24.3 Å². The number of carbonyl (C=O) groups is 2. The third-order valence-electron chi connectivity index (χ3n) is 1.72. The third kappa shape index (κ3) is 1.95. The Morgan fingerprint density at radius 2 is 2.21 bits per heavy atom. The van der Waals surface area contributed by atoms with E-state index in [-0.39, 0.29) is 0 Å². The SMILES string of the molecule is O=C1C=CC=CC1(Br)C(=O)C[N+](=O)[O-]. The maximum absolute atomic E-state index is 11.3. The van der Waals surface area contributed by atoms with E-state index in [4.69, 9.17) is 0 Å². The van der Waals surface area contributed by atoms with Gasteiger partial charge in [-0.25, -0.2) is 0 Å². The molecule has 0 spiro atoms. The summed E-state index contributed by atoms with van der Waals surface area (Å²) in [5.74, 6) is -1.26. The summed E-state index contributed by atoms with van der Waals surface area (Å²) in [5, 5.41) is 10.1. The molecule has 0 N–H and O–H groups in total. The first-order valence-corrected chi connectivity index (χ1v) is 4.50. The Morgan fingerprint density at radius 3 is 2.71 bits per heavy atom. The number of Topliss-reactive ketones (excluding diaryl/α,β-unsaturated/α-hetero) is 1. The molecular formula is C8H6BrNO4. The normalized spacial score (nSPS) is 25.1. The van der Waals surface area contributed by atoms with E-state index >= 15 is 0 Å². The molecule has 0 saturated heterocycles. The first-order chi connectivity index (χ1) is 6.47. The highest BCUT2D eigenvalue weighted by atomic mass is 79.9. The zero-order valence-corrected chi connectivity index (χ0v) is 8.56. The van der Waals surface area contributed by atoms with Crippen LogP contribution in [0.15, 0.2) is 24.3 Å². The summed E-state index contributed by atoms with van der Waals surface area (Å²) in [7, 11) is 0. The second kappa shape index (κ2) is 3.83. The molecule has 0 heterocycles. The number of carbonyl (C=O) groups excluding carboxylic acids is 2. The highest BCUT2D eigenvalue weighted by Gasteiger charge is 2.42. The van der Waals surface area contributed by atoms with Gasteiger partial charge in [-0.3, -0.25) is 19.7 Å². The fraction of sp³-hybridized carbons (Fsp3) is 0.250. The van der Waals surface area contributed by atoms with Crippen molar-refractivity contribution < 1.29 is 14.5 Å². The van der Waals surface area contributed by atoms with Gasteiger partial charge in [0.15, 0.2) is 10.1 Å². The largest absolute Gasteiger partial charge is 0.292 e. The second-order valence-corrected chi connectivity index (χ2v) is 3.96. The molecule has 0 saturated carbocycles. The van der Waals surface area contributed by atoms with Crippen molar-refractivity contribution in [3.05, 3.63) is 34.4 Å². The van der Waals surface area contributed by atoms with E-state index in [9.17, 15) is 19.7 Å². The zero-order chi connectivity index (χ0) is 10.8. The van der Waals surface area contributed by atoms with Crippen molar-refractivity contribution >= 4 is 27.5 Å². The number of alkyl halides is 1. The minimum atomic E-state index is -1.55. The monoisotopic (exact) mass is 259 g/mol. The van der Waals surface area contributed by atoms with Crippen LogP contribution in [0.4, 0.5) is 0 Å². The molecule has 6 heteroatoms. The Morgan fingerprint density at radius 1 is 1.57 bits per heavy atom. The van der Waals surface area contributed by atoms with Crippen LogP contribution in [0.25, 0.3) is 0 Å². The van der Waals surface area contributed by atoms with Crippen molar-refractivity contribution in [3.8, 4) is 0 Å². The molecule has 1 unspecified atom stereocenters. The number of hydrogen-bond donors (Lipinski definition) is 0. The maximum atomic E-state index is 11.3. The van der Waals surface area contributed by atoms with Crippen LogP contribution in [0, 0.1) is 10.1 Å². The van der Waals surface area contributed by atoms with Crippen LogP contribution in [0.5, 0.6) is 0 Å². The molecule has 14 heavy (non-hydrogen) atoms. The Hall–Kier alpha value is -1.30. The summed E-state index contributed by atoms with van der Waals surface area (Å²) < 4.78 is -1.55. The molecule has 0 fully saturated rings. The Kier molecular flexibility index (Phi) is 2.95. The average molecular weight is 260 g/mol. The summed E-state index contributed by atoms with van der Waals surface area (Å²) in [5.41, 5.74) is 0. The van der Waals surface area contributed by atoms with Crippen LogP contribution in [-0.4, -0.2) is 27.4 Å². The molecular weight excluding hydrogens is 254 g/mol. The smallest absolute Gasteiger partial charge is 0.263 e. The number of nitrogens with zero attached hydrogens (tertiary/aromatic N) is 1. The molecule has 0 aliphatic heterocycles. The Balaban J connectivity index is 2.89. The van der Waals surface area contributed by atoms with Gasteiger partial charge in [0.25, 0.3) is 6.54 Å². The lowest BCUT2D eigenvalue weighted by Gasteiger charge is -2.18. The predicted octanol–water partition coefficient (Wildman–Crippen LogP) is 0.661. The Bertz CT molecular complexity index is 360. The summed E-state index contributed by atoms with van der Waals surface area (Å²) in [6.45, 7) is -0.866. The zero-order valence-electron chi connectivity index (χ0n) is 6.97. The average Bonchev–Trinajstić information content (AvgIpc) is 2.09. The van der Waals surface area contributed by atoms with Crippen molar-refractivity contribution in [2.24, 2.45) is 0 Å². The molecule has 1 aliphatic rings. The van der Waals surface area contributed by atoms with Gasteiger partial charge in [0.05, 0.1) is 0 Å². The van der Waals surface area contributed by atoms with E-state index in [1.807, 2.05) is 0 Å². The van der Waals surface area contributed by atoms with Crippen LogP contribution in [-0.2, 0) is 9.59 Å². The number of allylic oxidation sites excluding steroid dienone is 4. The molecule has 0 radical (unpaired) electrons. The van der Waals surface area contributed by atoms with E-state index < -0.39 is 27.4 Å². The van der Waals surface area contributed by atoms with Gasteiger partial charge in [-0.15, -0.1) is 0 Å². The van der Waals surface area contributed by atoms with Crippen LogP contribution < -0.4 is 0 Å². The lowest BCUT2D eigenvalue weighted by molar-refractivity contribution is -0.467. The fourth-order valence-corrected chi connectivity index (χ4v) is 1.41. The number of rotatable bonds is 3. The quantitative estimate of drug-likeness (QED) is 0.323. The standard InChI is InChI=1S/C8H6BrNO4/c9-8(7(12)5-10(13)14)4-2-1-3-6(8)11/h1-4H,5H2. The molecule has 1 rings (SSSR count). The number of ketones is 2. The molecule has 0 aromatic carbocycles. The number of nitro groups is 1. The van der Waals surface area contributed by atoms with Crippen molar-refractivity contribution in [3.63, 3.8) is 0 Å². The highest BCUT2D eigenvalue weighted by Crippen LogP contribution is 2.26. The lowest BCUT2D eigenvalue weighted by atomic mass is 9.94. The molecule has 74 valence electrons. The van der Waals surface area contributed by atoms with Crippen molar-refractivity contribution in [2.45, 2.75) is 4.32 Å². The molecule has 0 amide bonds. The van der Waals surface area contributed by atoms with Gasteiger partial charge in [-0.2, -0.15) is 0 Å². The van der Waals surface area contributed by atoms with Gasteiger partial charge in [0, 0.05) is 4.92 Å².